The molecule has 1 aliphatic rings. The zero-order valence-corrected chi connectivity index (χ0v) is 17.7. The highest BCUT2D eigenvalue weighted by Crippen LogP contribution is 2.44. The van der Waals surface area contributed by atoms with Gasteiger partial charge in [0.1, 0.15) is 16.7 Å². The number of halogens is 4. The topological polar surface area (TPSA) is 41.6 Å². The van der Waals surface area contributed by atoms with Crippen LogP contribution in [-0.4, -0.2) is 15.0 Å². The van der Waals surface area contributed by atoms with Crippen LogP contribution in [0.25, 0.3) is 21.9 Å². The van der Waals surface area contributed by atoms with Crippen LogP contribution in [0.15, 0.2) is 36.5 Å². The molecule has 160 valence electrons. The van der Waals surface area contributed by atoms with E-state index in [1.54, 1.807) is 12.3 Å². The van der Waals surface area contributed by atoms with Crippen LogP contribution in [0, 0.1) is 23.4 Å². The summed E-state index contributed by atoms with van der Waals surface area (Å²) in [6.07, 6.45) is 5.28. The van der Waals surface area contributed by atoms with Gasteiger partial charge in [-0.25, -0.2) is 18.2 Å². The van der Waals surface area contributed by atoms with Crippen molar-refractivity contribution in [2.24, 2.45) is 5.92 Å². The fourth-order valence-corrected chi connectivity index (χ4v) is 5.22. The van der Waals surface area contributed by atoms with Crippen molar-refractivity contribution >= 4 is 33.5 Å². The van der Waals surface area contributed by atoms with E-state index in [2.05, 4.69) is 21.9 Å². The first-order valence-electron chi connectivity index (χ1n) is 10.5. The Kier molecular flexibility index (Phi) is 5.13. The summed E-state index contributed by atoms with van der Waals surface area (Å²) in [5.74, 6) is -1.03. The number of nitrogens with zero attached hydrogens (tertiary/aromatic N) is 2. The summed E-state index contributed by atoms with van der Waals surface area (Å²) in [5.41, 5.74) is 2.22. The third kappa shape index (κ3) is 3.47. The number of rotatable bonds is 3. The Bertz CT molecular complexity index is 1280. The van der Waals surface area contributed by atoms with Gasteiger partial charge in [-0.15, -0.1) is 0 Å². The van der Waals surface area contributed by atoms with Gasteiger partial charge in [-0.05, 0) is 55.7 Å². The number of hydrogen-bond acceptors (Lipinski definition) is 2. The molecule has 0 radical (unpaired) electrons. The fraction of sp³-hybridized carbons (Fsp3) is 0.333. The predicted octanol–water partition coefficient (Wildman–Crippen LogP) is 7.26. The van der Waals surface area contributed by atoms with Crippen LogP contribution in [0.1, 0.15) is 55.8 Å². The van der Waals surface area contributed by atoms with Gasteiger partial charge >= 0.3 is 0 Å². The molecule has 4 aromatic rings. The lowest BCUT2D eigenvalue weighted by molar-refractivity contribution is 0.284. The second kappa shape index (κ2) is 7.83. The molecule has 0 aliphatic heterocycles. The average molecular weight is 444 g/mol. The molecule has 5 rings (SSSR count). The van der Waals surface area contributed by atoms with Gasteiger partial charge in [-0.3, -0.25) is 4.98 Å². The SMILES string of the molecule is CC(c1nc2cc(F)c(F)c(Cl)c2[nH]1)[C@H]1CC[C@@H](c2c(F)ccc3ncccc32)CC1. The van der Waals surface area contributed by atoms with Crippen molar-refractivity contribution in [3.63, 3.8) is 0 Å². The van der Waals surface area contributed by atoms with Gasteiger partial charge in [0.25, 0.3) is 0 Å². The molecule has 1 N–H and O–H groups in total. The van der Waals surface area contributed by atoms with E-state index in [4.69, 9.17) is 11.6 Å². The molecule has 1 aliphatic carbocycles. The molecule has 1 unspecified atom stereocenters. The fourth-order valence-electron chi connectivity index (χ4n) is 4.99. The molecule has 0 bridgehead atoms. The van der Waals surface area contributed by atoms with Crippen LogP contribution in [0.4, 0.5) is 13.2 Å². The van der Waals surface area contributed by atoms with E-state index in [0.29, 0.717) is 22.8 Å². The molecule has 2 aromatic carbocycles. The summed E-state index contributed by atoms with van der Waals surface area (Å²) < 4.78 is 42.2. The zero-order chi connectivity index (χ0) is 21.7. The monoisotopic (exact) mass is 443 g/mol. The second-order valence-electron chi connectivity index (χ2n) is 8.43. The molecule has 1 saturated carbocycles. The molecule has 0 amide bonds. The molecular weight excluding hydrogens is 423 g/mol. The number of hydrogen-bond donors (Lipinski definition) is 1. The first kappa shape index (κ1) is 20.3. The Morgan fingerprint density at radius 1 is 1.03 bits per heavy atom. The van der Waals surface area contributed by atoms with Gasteiger partial charge in [0.2, 0.25) is 0 Å². The third-order valence-electron chi connectivity index (χ3n) is 6.73. The molecule has 3 nitrogen and oxygen atoms in total. The first-order chi connectivity index (χ1) is 14.9. The molecular formula is C24H21ClF3N3. The largest absolute Gasteiger partial charge is 0.340 e. The molecule has 2 heterocycles. The van der Waals surface area contributed by atoms with Gasteiger partial charge < -0.3 is 4.98 Å². The zero-order valence-electron chi connectivity index (χ0n) is 16.9. The van der Waals surface area contributed by atoms with E-state index in [-0.39, 0.29) is 22.7 Å². The second-order valence-corrected chi connectivity index (χ2v) is 8.81. The van der Waals surface area contributed by atoms with Crippen LogP contribution in [0.5, 0.6) is 0 Å². The lowest BCUT2D eigenvalue weighted by atomic mass is 9.73. The van der Waals surface area contributed by atoms with E-state index >= 15 is 0 Å². The van der Waals surface area contributed by atoms with E-state index < -0.39 is 11.6 Å². The summed E-state index contributed by atoms with van der Waals surface area (Å²) >= 11 is 5.96. The minimum Gasteiger partial charge on any atom is -0.340 e. The number of imidazole rings is 1. The van der Waals surface area contributed by atoms with Crippen LogP contribution in [0.3, 0.4) is 0 Å². The first-order valence-corrected chi connectivity index (χ1v) is 10.9. The van der Waals surface area contributed by atoms with Crippen molar-refractivity contribution in [3.05, 3.63) is 70.4 Å². The highest BCUT2D eigenvalue weighted by molar-refractivity contribution is 6.35. The van der Waals surface area contributed by atoms with Crippen molar-refractivity contribution in [1.82, 2.24) is 15.0 Å². The Labute approximate surface area is 182 Å². The summed E-state index contributed by atoms with van der Waals surface area (Å²) in [4.78, 5) is 11.9. The predicted molar refractivity (Wildman–Crippen MR) is 116 cm³/mol. The van der Waals surface area contributed by atoms with Gasteiger partial charge in [0.15, 0.2) is 11.6 Å². The highest BCUT2D eigenvalue weighted by atomic mass is 35.5. The molecule has 31 heavy (non-hydrogen) atoms. The maximum Gasteiger partial charge on any atom is 0.179 e. The molecule has 1 fully saturated rings. The van der Waals surface area contributed by atoms with E-state index in [9.17, 15) is 13.2 Å². The Morgan fingerprint density at radius 2 is 1.81 bits per heavy atom. The van der Waals surface area contributed by atoms with Crippen LogP contribution in [0.2, 0.25) is 5.02 Å². The number of pyridine rings is 1. The number of H-pyrrole nitrogens is 1. The number of fused-ring (bicyclic) bond motifs is 2. The highest BCUT2D eigenvalue weighted by Gasteiger charge is 2.30. The smallest absolute Gasteiger partial charge is 0.179 e. The minimum atomic E-state index is -1.07. The van der Waals surface area contributed by atoms with Gasteiger partial charge in [-0.1, -0.05) is 24.6 Å². The maximum absolute atomic E-state index is 14.7. The molecule has 0 saturated heterocycles. The van der Waals surface area contributed by atoms with Gasteiger partial charge in [0.05, 0.1) is 16.6 Å². The van der Waals surface area contributed by atoms with Crippen LogP contribution >= 0.6 is 11.6 Å². The number of aromatic amines is 1. The summed E-state index contributed by atoms with van der Waals surface area (Å²) in [7, 11) is 0. The summed E-state index contributed by atoms with van der Waals surface area (Å²) in [6.45, 7) is 2.06. The normalized spacial score (nSPS) is 20.4. The van der Waals surface area contributed by atoms with Crippen molar-refractivity contribution in [2.45, 2.75) is 44.4 Å². The van der Waals surface area contributed by atoms with Crippen molar-refractivity contribution in [1.29, 1.82) is 0 Å². The van der Waals surface area contributed by atoms with Crippen molar-refractivity contribution < 1.29 is 13.2 Å². The van der Waals surface area contributed by atoms with E-state index in [0.717, 1.165) is 48.2 Å². The van der Waals surface area contributed by atoms with Crippen LogP contribution in [-0.2, 0) is 0 Å². The summed E-state index contributed by atoms with van der Waals surface area (Å²) in [6, 6.07) is 8.08. The Morgan fingerprint density at radius 3 is 2.58 bits per heavy atom. The Hall–Kier alpha value is -2.60. The maximum atomic E-state index is 14.7. The standard InChI is InChI=1S/C24H21ClF3N3/c1-12(24-30-19-11-17(27)22(28)21(25)23(19)31-24)13-4-6-14(7-5-13)20-15-3-2-10-29-18(15)9-8-16(20)26/h2-3,8-14H,4-7H2,1H3,(H,30,31)/t12?,13-,14+. The molecule has 7 heteroatoms. The average Bonchev–Trinajstić information content (AvgIpc) is 3.21. The molecule has 1 atom stereocenters. The number of aromatic nitrogens is 3. The quantitative estimate of drug-likeness (QED) is 0.338. The lowest BCUT2D eigenvalue weighted by Gasteiger charge is -2.32. The lowest BCUT2D eigenvalue weighted by Crippen LogP contribution is -2.19. The van der Waals surface area contributed by atoms with Crippen molar-refractivity contribution in [2.75, 3.05) is 0 Å². The van der Waals surface area contributed by atoms with Crippen LogP contribution < -0.4 is 0 Å². The molecule has 2 aromatic heterocycles. The van der Waals surface area contributed by atoms with Gasteiger partial charge in [-0.2, -0.15) is 0 Å². The summed E-state index contributed by atoms with van der Waals surface area (Å²) in [5, 5.41) is 0.611. The number of nitrogens with one attached hydrogen (secondary N) is 1. The Balaban J connectivity index is 1.37. The minimum absolute atomic E-state index is 0.0644. The number of benzene rings is 2. The third-order valence-corrected chi connectivity index (χ3v) is 7.08. The van der Waals surface area contributed by atoms with Gasteiger partial charge in [0, 0.05) is 29.1 Å². The van der Waals surface area contributed by atoms with E-state index in [1.165, 1.54) is 6.07 Å². The van der Waals surface area contributed by atoms with E-state index in [1.807, 2.05) is 12.1 Å². The molecule has 0 spiro atoms. The van der Waals surface area contributed by atoms with Crippen molar-refractivity contribution in [3.8, 4) is 0 Å².